The Bertz CT molecular complexity index is 672. The Balaban J connectivity index is 2.09. The number of nitrogens with zero attached hydrogens (tertiary/aromatic N) is 2. The molecule has 1 aliphatic rings. The van der Waals surface area contributed by atoms with Crippen LogP contribution >= 0.6 is 0 Å². The molecule has 0 unspecified atom stereocenters. The first-order chi connectivity index (χ1) is 9.13. The molecule has 0 fully saturated rings. The fourth-order valence-electron chi connectivity index (χ4n) is 1.78. The summed E-state index contributed by atoms with van der Waals surface area (Å²) in [7, 11) is 0. The molecule has 3 rings (SSSR count). The zero-order valence-corrected chi connectivity index (χ0v) is 9.66. The van der Waals surface area contributed by atoms with Crippen LogP contribution in [0, 0.1) is 0 Å². The van der Waals surface area contributed by atoms with Gasteiger partial charge in [0.1, 0.15) is 0 Å². The van der Waals surface area contributed by atoms with Crippen LogP contribution in [0.4, 0.5) is 5.95 Å². The molecule has 2 aromatic rings. The number of benzene rings is 1. The van der Waals surface area contributed by atoms with Crippen LogP contribution in [0.5, 0.6) is 11.5 Å². The fourth-order valence-corrected chi connectivity index (χ4v) is 1.78. The average molecular weight is 259 g/mol. The highest BCUT2D eigenvalue weighted by molar-refractivity contribution is 5.87. The summed E-state index contributed by atoms with van der Waals surface area (Å²) >= 11 is 0. The molecule has 0 radical (unpaired) electrons. The number of aromatic nitrogens is 2. The van der Waals surface area contributed by atoms with Crippen LogP contribution in [0.3, 0.4) is 0 Å². The van der Waals surface area contributed by atoms with Gasteiger partial charge in [-0.25, -0.2) is 14.8 Å². The van der Waals surface area contributed by atoms with Crippen LogP contribution in [-0.4, -0.2) is 27.8 Å². The van der Waals surface area contributed by atoms with E-state index >= 15 is 0 Å². The Labute approximate surface area is 107 Å². The predicted molar refractivity (Wildman–Crippen MR) is 65.0 cm³/mol. The molecule has 1 aliphatic heterocycles. The maximum absolute atomic E-state index is 10.9. The van der Waals surface area contributed by atoms with Gasteiger partial charge in [-0.15, -0.1) is 0 Å². The molecular formula is C12H9N3O4. The molecular weight excluding hydrogens is 250 g/mol. The number of hydrogen-bond donors (Lipinski definition) is 2. The molecule has 0 spiro atoms. The normalized spacial score (nSPS) is 12.4. The lowest BCUT2D eigenvalue weighted by atomic mass is 10.1. The van der Waals surface area contributed by atoms with Crippen molar-refractivity contribution >= 4 is 11.9 Å². The first-order valence-electron chi connectivity index (χ1n) is 5.41. The molecule has 1 aromatic heterocycles. The third-order valence-corrected chi connectivity index (χ3v) is 2.63. The Kier molecular flexibility index (Phi) is 2.45. The minimum absolute atomic E-state index is 0.0902. The molecule has 0 aliphatic carbocycles. The first kappa shape index (κ1) is 11.3. The Morgan fingerprint density at radius 2 is 2.00 bits per heavy atom. The SMILES string of the molecule is Nc1nc(C(=O)O)cc(-c2ccc3c(c2)OCO3)n1. The van der Waals surface area contributed by atoms with Crippen LogP contribution in [0.25, 0.3) is 11.3 Å². The second-order valence-electron chi connectivity index (χ2n) is 3.87. The number of carbonyl (C=O) groups is 1. The maximum Gasteiger partial charge on any atom is 0.354 e. The summed E-state index contributed by atoms with van der Waals surface area (Å²) in [5, 5.41) is 8.94. The summed E-state index contributed by atoms with van der Waals surface area (Å²) in [5.41, 5.74) is 6.45. The van der Waals surface area contributed by atoms with Crippen molar-refractivity contribution in [1.29, 1.82) is 0 Å². The molecule has 7 heteroatoms. The number of carboxylic acid groups (broad SMARTS) is 1. The van der Waals surface area contributed by atoms with Gasteiger partial charge in [0, 0.05) is 5.56 Å². The second kappa shape index (κ2) is 4.13. The molecule has 0 bridgehead atoms. The molecule has 2 heterocycles. The lowest BCUT2D eigenvalue weighted by molar-refractivity contribution is 0.0690. The fraction of sp³-hybridized carbons (Fsp3) is 0.0833. The average Bonchev–Trinajstić information content (AvgIpc) is 2.85. The number of fused-ring (bicyclic) bond motifs is 1. The van der Waals surface area contributed by atoms with Gasteiger partial charge in [-0.1, -0.05) is 0 Å². The smallest absolute Gasteiger partial charge is 0.354 e. The number of nitrogen functional groups attached to an aromatic ring is 1. The standard InChI is InChI=1S/C12H9N3O4/c13-12-14-7(4-8(15-12)11(16)17)6-1-2-9-10(3-6)19-5-18-9/h1-4H,5H2,(H,16,17)(H2,13,14,15). The predicted octanol–water partition coefficient (Wildman–Crippen LogP) is 1.15. The molecule has 3 N–H and O–H groups in total. The number of anilines is 1. The van der Waals surface area contributed by atoms with Crippen LogP contribution in [-0.2, 0) is 0 Å². The zero-order valence-electron chi connectivity index (χ0n) is 9.66. The van der Waals surface area contributed by atoms with E-state index in [2.05, 4.69) is 9.97 Å². The summed E-state index contributed by atoms with van der Waals surface area (Å²) in [4.78, 5) is 18.6. The van der Waals surface area contributed by atoms with E-state index in [1.807, 2.05) is 0 Å². The largest absolute Gasteiger partial charge is 0.477 e. The topological polar surface area (TPSA) is 108 Å². The first-order valence-corrected chi connectivity index (χ1v) is 5.41. The van der Waals surface area contributed by atoms with Crippen LogP contribution < -0.4 is 15.2 Å². The molecule has 1 aromatic carbocycles. The number of rotatable bonds is 2. The molecule has 7 nitrogen and oxygen atoms in total. The molecule has 0 atom stereocenters. The van der Waals surface area contributed by atoms with Crippen LogP contribution in [0.2, 0.25) is 0 Å². The van der Waals surface area contributed by atoms with Crippen molar-refractivity contribution in [3.63, 3.8) is 0 Å². The van der Waals surface area contributed by atoms with Gasteiger partial charge in [0.05, 0.1) is 5.69 Å². The highest BCUT2D eigenvalue weighted by Crippen LogP contribution is 2.35. The minimum atomic E-state index is -1.16. The minimum Gasteiger partial charge on any atom is -0.477 e. The highest BCUT2D eigenvalue weighted by atomic mass is 16.7. The molecule has 0 amide bonds. The van der Waals surface area contributed by atoms with E-state index in [-0.39, 0.29) is 18.4 Å². The summed E-state index contributed by atoms with van der Waals surface area (Å²) < 4.78 is 10.5. The van der Waals surface area contributed by atoms with E-state index in [0.29, 0.717) is 22.8 Å². The van der Waals surface area contributed by atoms with Crippen molar-refractivity contribution in [3.05, 3.63) is 30.0 Å². The number of carboxylic acids is 1. The van der Waals surface area contributed by atoms with Gasteiger partial charge in [0.2, 0.25) is 12.7 Å². The maximum atomic E-state index is 10.9. The van der Waals surface area contributed by atoms with E-state index in [1.54, 1.807) is 18.2 Å². The zero-order chi connectivity index (χ0) is 13.4. The Hall–Kier alpha value is -2.83. The quantitative estimate of drug-likeness (QED) is 0.832. The van der Waals surface area contributed by atoms with Crippen LogP contribution in [0.1, 0.15) is 10.5 Å². The van der Waals surface area contributed by atoms with Crippen molar-refractivity contribution in [2.45, 2.75) is 0 Å². The second-order valence-corrected chi connectivity index (χ2v) is 3.87. The van der Waals surface area contributed by atoms with Gasteiger partial charge >= 0.3 is 5.97 Å². The van der Waals surface area contributed by atoms with Crippen molar-refractivity contribution in [2.75, 3.05) is 12.5 Å². The van der Waals surface area contributed by atoms with Gasteiger partial charge in [-0.3, -0.25) is 0 Å². The van der Waals surface area contributed by atoms with Crippen LogP contribution in [0.15, 0.2) is 24.3 Å². The third-order valence-electron chi connectivity index (χ3n) is 2.63. The number of nitrogens with two attached hydrogens (primary N) is 1. The van der Waals surface area contributed by atoms with Crippen molar-refractivity contribution in [1.82, 2.24) is 9.97 Å². The molecule has 19 heavy (non-hydrogen) atoms. The third kappa shape index (κ3) is 2.01. The van der Waals surface area contributed by atoms with Gasteiger partial charge < -0.3 is 20.3 Å². The number of aromatic carboxylic acids is 1. The summed E-state index contributed by atoms with van der Waals surface area (Å²) in [6, 6.07) is 6.56. The van der Waals surface area contributed by atoms with Crippen molar-refractivity contribution in [2.24, 2.45) is 0 Å². The van der Waals surface area contributed by atoms with E-state index in [0.717, 1.165) is 0 Å². The number of ether oxygens (including phenoxy) is 2. The lowest BCUT2D eigenvalue weighted by Crippen LogP contribution is -2.06. The molecule has 96 valence electrons. The van der Waals surface area contributed by atoms with Gasteiger partial charge in [-0.2, -0.15) is 0 Å². The summed E-state index contributed by atoms with van der Waals surface area (Å²) in [6.07, 6.45) is 0. The van der Waals surface area contributed by atoms with Gasteiger partial charge in [-0.05, 0) is 24.3 Å². The summed E-state index contributed by atoms with van der Waals surface area (Å²) in [5.74, 6) is -0.0144. The van der Waals surface area contributed by atoms with Gasteiger partial charge in [0.15, 0.2) is 17.2 Å². The van der Waals surface area contributed by atoms with Gasteiger partial charge in [0.25, 0.3) is 0 Å². The van der Waals surface area contributed by atoms with E-state index in [1.165, 1.54) is 6.07 Å². The molecule has 0 saturated heterocycles. The van der Waals surface area contributed by atoms with Crippen molar-refractivity contribution < 1.29 is 19.4 Å². The molecule has 0 saturated carbocycles. The van der Waals surface area contributed by atoms with E-state index in [4.69, 9.17) is 20.3 Å². The summed E-state index contributed by atoms with van der Waals surface area (Å²) in [6.45, 7) is 0.172. The van der Waals surface area contributed by atoms with E-state index < -0.39 is 5.97 Å². The van der Waals surface area contributed by atoms with E-state index in [9.17, 15) is 4.79 Å². The Morgan fingerprint density at radius 3 is 2.79 bits per heavy atom. The highest BCUT2D eigenvalue weighted by Gasteiger charge is 2.16. The number of hydrogen-bond acceptors (Lipinski definition) is 6. The monoisotopic (exact) mass is 259 g/mol. The lowest BCUT2D eigenvalue weighted by Gasteiger charge is -2.04. The van der Waals surface area contributed by atoms with Crippen molar-refractivity contribution in [3.8, 4) is 22.8 Å². The Morgan fingerprint density at radius 1 is 1.21 bits per heavy atom.